The molecule has 8 aromatic carbocycles. The summed E-state index contributed by atoms with van der Waals surface area (Å²) in [6, 6.07) is 63.9. The van der Waals surface area contributed by atoms with Crippen molar-refractivity contribution in [3.05, 3.63) is 193 Å². The van der Waals surface area contributed by atoms with Crippen molar-refractivity contribution in [3.8, 4) is 39.9 Å². The van der Waals surface area contributed by atoms with Gasteiger partial charge >= 0.3 is 0 Å². The Morgan fingerprint density at radius 3 is 1.71 bits per heavy atom. The summed E-state index contributed by atoms with van der Waals surface area (Å²) in [7, 11) is 0. The largest absolute Gasteiger partial charge is 0.456 e. The Kier molecular flexibility index (Phi) is 7.40. The van der Waals surface area contributed by atoms with Crippen LogP contribution >= 0.6 is 11.3 Å². The number of hydrogen-bond acceptors (Lipinski definition) is 5. The van der Waals surface area contributed by atoms with Gasteiger partial charge in [0.15, 0.2) is 17.5 Å². The van der Waals surface area contributed by atoms with Crippen molar-refractivity contribution in [2.75, 3.05) is 0 Å². The van der Waals surface area contributed by atoms with Crippen LogP contribution in [0.2, 0.25) is 0 Å². The number of hydrogen-bond donors (Lipinski definition) is 0. The molecule has 0 N–H and O–H groups in total. The maximum Gasteiger partial charge on any atom is 0.164 e. The van der Waals surface area contributed by atoms with E-state index in [0.29, 0.717) is 17.5 Å². The molecule has 0 aliphatic carbocycles. The van der Waals surface area contributed by atoms with Crippen LogP contribution in [0.1, 0.15) is 11.1 Å². The van der Waals surface area contributed by atoms with Gasteiger partial charge in [0.25, 0.3) is 0 Å². The summed E-state index contributed by atoms with van der Waals surface area (Å²) in [6.45, 7) is 0. The van der Waals surface area contributed by atoms with Gasteiger partial charge in [-0.2, -0.15) is 0 Å². The summed E-state index contributed by atoms with van der Waals surface area (Å²) < 4.78 is 11.5. The molecule has 0 saturated carbocycles. The highest BCUT2D eigenvalue weighted by Gasteiger charge is 2.20. The third-order valence-electron chi connectivity index (χ3n) is 11.3. The van der Waals surface area contributed by atoms with Crippen LogP contribution in [0.5, 0.6) is 0 Å². The van der Waals surface area contributed by atoms with Crippen molar-refractivity contribution in [2.24, 2.45) is 0 Å². The van der Waals surface area contributed by atoms with E-state index in [4.69, 9.17) is 19.4 Å². The average molecular weight is 761 g/mol. The SMILES string of the molecule is c1ccc(-c2nc(-c3ccccc3)nc(-c3cccc4sc5cccc(Cc6ccc7c(c6)oc6cc(-n8c9ccccc9c9ccccc98)ccc67)c5c34)n2)cc1. The fourth-order valence-electron chi connectivity index (χ4n) is 8.68. The molecular weight excluding hydrogens is 729 g/mol. The van der Waals surface area contributed by atoms with E-state index in [1.54, 1.807) is 0 Å². The summed E-state index contributed by atoms with van der Waals surface area (Å²) in [5.74, 6) is 1.97. The molecule has 6 heteroatoms. The number of fused-ring (bicyclic) bond motifs is 9. The molecule has 0 bridgehead atoms. The lowest BCUT2D eigenvalue weighted by molar-refractivity contribution is 0.668. The first-order valence-corrected chi connectivity index (χ1v) is 20.3. The Bertz CT molecular complexity index is 3440. The predicted molar refractivity (Wildman–Crippen MR) is 240 cm³/mol. The van der Waals surface area contributed by atoms with E-state index in [1.807, 2.05) is 47.7 Å². The van der Waals surface area contributed by atoms with Crippen LogP contribution in [0.3, 0.4) is 0 Å². The lowest BCUT2D eigenvalue weighted by Crippen LogP contribution is -2.00. The van der Waals surface area contributed by atoms with Crippen molar-refractivity contribution in [3.63, 3.8) is 0 Å². The minimum atomic E-state index is 0.655. The van der Waals surface area contributed by atoms with Gasteiger partial charge in [-0.3, -0.25) is 0 Å². The van der Waals surface area contributed by atoms with Gasteiger partial charge in [-0.25, -0.2) is 15.0 Å². The maximum absolute atomic E-state index is 6.67. The van der Waals surface area contributed by atoms with Crippen molar-refractivity contribution < 1.29 is 4.42 Å². The second kappa shape index (κ2) is 13.1. The zero-order valence-electron chi connectivity index (χ0n) is 31.1. The van der Waals surface area contributed by atoms with Gasteiger partial charge in [-0.05, 0) is 60.0 Å². The number of nitrogens with zero attached hydrogens (tertiary/aromatic N) is 4. The molecule has 0 amide bonds. The molecule has 0 aliphatic rings. The molecule has 12 aromatic rings. The fraction of sp³-hybridized carbons (Fsp3) is 0.0192. The van der Waals surface area contributed by atoms with Crippen LogP contribution in [-0.4, -0.2) is 19.5 Å². The number of rotatable bonds is 6. The average Bonchev–Trinajstić information content (AvgIpc) is 3.96. The molecule has 5 nitrogen and oxygen atoms in total. The highest BCUT2D eigenvalue weighted by molar-refractivity contribution is 7.26. The molecule has 0 spiro atoms. The molecule has 12 rings (SSSR count). The van der Waals surface area contributed by atoms with E-state index >= 15 is 0 Å². The van der Waals surface area contributed by atoms with Gasteiger partial charge in [0.05, 0.1) is 11.0 Å². The summed E-state index contributed by atoms with van der Waals surface area (Å²) in [6.07, 6.45) is 0.749. The monoisotopic (exact) mass is 760 g/mol. The number of thiophene rings is 1. The molecule has 58 heavy (non-hydrogen) atoms. The highest BCUT2D eigenvalue weighted by atomic mass is 32.1. The molecule has 0 radical (unpaired) electrons. The van der Waals surface area contributed by atoms with E-state index in [-0.39, 0.29) is 0 Å². The van der Waals surface area contributed by atoms with Crippen LogP contribution in [0.25, 0.3) is 104 Å². The Balaban J connectivity index is 0.969. The zero-order chi connectivity index (χ0) is 38.2. The zero-order valence-corrected chi connectivity index (χ0v) is 31.9. The smallest absolute Gasteiger partial charge is 0.164 e. The quantitative estimate of drug-likeness (QED) is 0.169. The number of aromatic nitrogens is 4. The van der Waals surface area contributed by atoms with Crippen molar-refractivity contribution in [2.45, 2.75) is 6.42 Å². The molecule has 0 atom stereocenters. The second-order valence-corrected chi connectivity index (χ2v) is 15.9. The summed E-state index contributed by atoms with van der Waals surface area (Å²) in [5, 5.41) is 7.13. The van der Waals surface area contributed by atoms with E-state index < -0.39 is 0 Å². The summed E-state index contributed by atoms with van der Waals surface area (Å²) in [5.41, 5.74) is 10.6. The lowest BCUT2D eigenvalue weighted by Gasteiger charge is -2.10. The van der Waals surface area contributed by atoms with Gasteiger partial charge in [-0.1, -0.05) is 133 Å². The molecular formula is C52H32N4OS. The third-order valence-corrected chi connectivity index (χ3v) is 12.4. The van der Waals surface area contributed by atoms with E-state index in [2.05, 4.69) is 150 Å². The first-order valence-electron chi connectivity index (χ1n) is 19.5. The molecule has 0 aliphatic heterocycles. The molecule has 272 valence electrons. The van der Waals surface area contributed by atoms with Crippen LogP contribution in [0, 0.1) is 0 Å². The van der Waals surface area contributed by atoms with Crippen LogP contribution in [-0.2, 0) is 6.42 Å². The van der Waals surface area contributed by atoms with Gasteiger partial charge in [0, 0.05) is 70.2 Å². The first-order chi connectivity index (χ1) is 28.7. The van der Waals surface area contributed by atoms with E-state index in [0.717, 1.165) is 50.7 Å². The Morgan fingerprint density at radius 1 is 0.448 bits per heavy atom. The molecule has 4 heterocycles. The predicted octanol–water partition coefficient (Wildman–Crippen LogP) is 13.8. The standard InChI is InChI=1S/C52H32N4OS/c1-3-13-33(14-4-1)50-53-51(34-15-5-2-6-16-34)55-52(54-50)41-20-12-24-47-49(41)48-35(17-11-23-46(48)58-47)29-32-25-27-39-40-28-26-36(31-45(40)57-44(39)30-32)56-42-21-9-7-18-37(42)38-19-8-10-22-43(38)56/h1-28,30-31H,29H2. The second-order valence-electron chi connectivity index (χ2n) is 14.8. The number of furan rings is 1. The van der Waals surface area contributed by atoms with E-state index in [1.165, 1.54) is 53.1 Å². The molecule has 4 aromatic heterocycles. The fourth-order valence-corrected chi connectivity index (χ4v) is 9.86. The number of para-hydroxylation sites is 2. The number of benzene rings is 8. The molecule has 0 saturated heterocycles. The molecule has 0 unspecified atom stereocenters. The van der Waals surface area contributed by atoms with Gasteiger partial charge in [-0.15, -0.1) is 11.3 Å². The minimum Gasteiger partial charge on any atom is -0.456 e. The normalized spacial score (nSPS) is 11.9. The maximum atomic E-state index is 6.67. The summed E-state index contributed by atoms with van der Waals surface area (Å²) in [4.78, 5) is 15.2. The topological polar surface area (TPSA) is 56.7 Å². The Labute approximate surface area is 337 Å². The Hall–Kier alpha value is -7.41. The van der Waals surface area contributed by atoms with Crippen molar-refractivity contribution in [1.29, 1.82) is 0 Å². The van der Waals surface area contributed by atoms with Crippen LogP contribution in [0.15, 0.2) is 186 Å². The summed E-state index contributed by atoms with van der Waals surface area (Å²) >= 11 is 1.81. The van der Waals surface area contributed by atoms with E-state index in [9.17, 15) is 0 Å². The van der Waals surface area contributed by atoms with Crippen LogP contribution < -0.4 is 0 Å². The van der Waals surface area contributed by atoms with Crippen molar-refractivity contribution in [1.82, 2.24) is 19.5 Å². The minimum absolute atomic E-state index is 0.655. The van der Waals surface area contributed by atoms with Gasteiger partial charge in [0.1, 0.15) is 11.2 Å². The molecule has 0 fully saturated rings. The lowest BCUT2D eigenvalue weighted by atomic mass is 9.96. The van der Waals surface area contributed by atoms with Crippen LogP contribution in [0.4, 0.5) is 0 Å². The Morgan fingerprint density at radius 2 is 1.02 bits per heavy atom. The first kappa shape index (κ1) is 32.8. The highest BCUT2D eigenvalue weighted by Crippen LogP contribution is 2.42. The van der Waals surface area contributed by atoms with Gasteiger partial charge < -0.3 is 8.98 Å². The van der Waals surface area contributed by atoms with Gasteiger partial charge in [0.2, 0.25) is 0 Å². The van der Waals surface area contributed by atoms with Crippen molar-refractivity contribution >= 4 is 75.3 Å². The third kappa shape index (κ3) is 5.26.